The van der Waals surface area contributed by atoms with Crippen LogP contribution < -0.4 is 14.8 Å². The van der Waals surface area contributed by atoms with Crippen LogP contribution in [0.25, 0.3) is 0 Å². The minimum absolute atomic E-state index is 0.0953. The fourth-order valence-corrected chi connectivity index (χ4v) is 2.29. The van der Waals surface area contributed by atoms with Gasteiger partial charge in [0.25, 0.3) is 0 Å². The van der Waals surface area contributed by atoms with Gasteiger partial charge in [-0.1, -0.05) is 30.3 Å². The SMILES string of the molecule is COc1cccc(CN[C@H](C)c2ccccc2F)c1OC. The maximum Gasteiger partial charge on any atom is 0.165 e. The van der Waals surface area contributed by atoms with Crippen LogP contribution in [0, 0.1) is 5.82 Å². The van der Waals surface area contributed by atoms with E-state index in [9.17, 15) is 4.39 Å². The first-order chi connectivity index (χ1) is 10.2. The molecule has 2 aromatic carbocycles. The molecule has 1 atom stereocenters. The molecule has 1 N–H and O–H groups in total. The molecule has 0 aliphatic carbocycles. The van der Waals surface area contributed by atoms with E-state index in [0.717, 1.165) is 5.56 Å². The van der Waals surface area contributed by atoms with Gasteiger partial charge in [0.15, 0.2) is 11.5 Å². The molecule has 4 heteroatoms. The molecule has 0 bridgehead atoms. The number of hydrogen-bond donors (Lipinski definition) is 1. The Hall–Kier alpha value is -2.07. The highest BCUT2D eigenvalue weighted by atomic mass is 19.1. The van der Waals surface area contributed by atoms with Crippen molar-refractivity contribution in [2.45, 2.75) is 19.5 Å². The predicted octanol–water partition coefficient (Wildman–Crippen LogP) is 3.69. The van der Waals surface area contributed by atoms with Gasteiger partial charge in [-0.3, -0.25) is 0 Å². The van der Waals surface area contributed by atoms with E-state index in [0.29, 0.717) is 23.6 Å². The summed E-state index contributed by atoms with van der Waals surface area (Å²) in [6.07, 6.45) is 0. The molecule has 0 aromatic heterocycles. The Bertz CT molecular complexity index is 601. The third kappa shape index (κ3) is 3.52. The lowest BCUT2D eigenvalue weighted by Crippen LogP contribution is -2.19. The number of ether oxygens (including phenoxy) is 2. The molecule has 0 saturated carbocycles. The van der Waals surface area contributed by atoms with Gasteiger partial charge in [-0.25, -0.2) is 4.39 Å². The van der Waals surface area contributed by atoms with E-state index in [1.54, 1.807) is 26.4 Å². The van der Waals surface area contributed by atoms with Gasteiger partial charge in [-0.2, -0.15) is 0 Å². The molecule has 112 valence electrons. The summed E-state index contributed by atoms with van der Waals surface area (Å²) in [6.45, 7) is 2.50. The predicted molar refractivity (Wildman–Crippen MR) is 81.2 cm³/mol. The van der Waals surface area contributed by atoms with Crippen molar-refractivity contribution in [1.82, 2.24) is 5.32 Å². The number of para-hydroxylation sites is 1. The van der Waals surface area contributed by atoms with E-state index in [4.69, 9.17) is 9.47 Å². The molecule has 0 saturated heterocycles. The second-order valence-corrected chi connectivity index (χ2v) is 4.78. The number of halogens is 1. The minimum Gasteiger partial charge on any atom is -0.493 e. The largest absolute Gasteiger partial charge is 0.493 e. The molecule has 0 heterocycles. The average Bonchev–Trinajstić information content (AvgIpc) is 2.52. The molecule has 0 fully saturated rings. The maximum absolute atomic E-state index is 13.7. The van der Waals surface area contributed by atoms with Crippen molar-refractivity contribution in [3.8, 4) is 11.5 Å². The number of rotatable bonds is 6. The first-order valence-corrected chi connectivity index (χ1v) is 6.85. The smallest absolute Gasteiger partial charge is 0.165 e. The maximum atomic E-state index is 13.7. The Labute approximate surface area is 124 Å². The number of methoxy groups -OCH3 is 2. The van der Waals surface area contributed by atoms with Gasteiger partial charge in [0, 0.05) is 23.7 Å². The molecular formula is C17H20FNO2. The van der Waals surface area contributed by atoms with Gasteiger partial charge in [-0.15, -0.1) is 0 Å². The van der Waals surface area contributed by atoms with Gasteiger partial charge in [0.05, 0.1) is 14.2 Å². The summed E-state index contributed by atoms with van der Waals surface area (Å²) in [5.41, 5.74) is 1.62. The Morgan fingerprint density at radius 1 is 1.05 bits per heavy atom. The van der Waals surface area contributed by atoms with Crippen molar-refractivity contribution < 1.29 is 13.9 Å². The van der Waals surface area contributed by atoms with Gasteiger partial charge in [0.1, 0.15) is 5.82 Å². The number of benzene rings is 2. The summed E-state index contributed by atoms with van der Waals surface area (Å²) in [6, 6.07) is 12.4. The normalized spacial score (nSPS) is 12.0. The Kier molecular flexibility index (Phi) is 5.17. The van der Waals surface area contributed by atoms with Crippen molar-refractivity contribution in [2.75, 3.05) is 14.2 Å². The lowest BCUT2D eigenvalue weighted by molar-refractivity contribution is 0.350. The van der Waals surface area contributed by atoms with Crippen LogP contribution in [0.1, 0.15) is 24.1 Å². The molecule has 3 nitrogen and oxygen atoms in total. The zero-order chi connectivity index (χ0) is 15.2. The quantitative estimate of drug-likeness (QED) is 0.879. The summed E-state index contributed by atoms with van der Waals surface area (Å²) < 4.78 is 24.4. The highest BCUT2D eigenvalue weighted by Crippen LogP contribution is 2.31. The lowest BCUT2D eigenvalue weighted by Gasteiger charge is -2.17. The molecular weight excluding hydrogens is 269 g/mol. The standard InChI is InChI=1S/C17H20FNO2/c1-12(14-8-4-5-9-15(14)18)19-11-13-7-6-10-16(20-2)17(13)21-3/h4-10,12,19H,11H2,1-3H3/t12-/m1/s1. The van der Waals surface area contributed by atoms with Gasteiger partial charge in [-0.05, 0) is 19.1 Å². The van der Waals surface area contributed by atoms with Crippen molar-refractivity contribution in [2.24, 2.45) is 0 Å². The van der Waals surface area contributed by atoms with Crippen molar-refractivity contribution in [3.63, 3.8) is 0 Å². The van der Waals surface area contributed by atoms with Crippen LogP contribution in [-0.2, 0) is 6.54 Å². The Balaban J connectivity index is 2.11. The third-order valence-corrected chi connectivity index (χ3v) is 3.45. The molecule has 0 aliphatic heterocycles. The van der Waals surface area contributed by atoms with Crippen LogP contribution in [0.15, 0.2) is 42.5 Å². The molecule has 2 aromatic rings. The second kappa shape index (κ2) is 7.09. The van der Waals surface area contributed by atoms with Crippen molar-refractivity contribution >= 4 is 0 Å². The topological polar surface area (TPSA) is 30.5 Å². The second-order valence-electron chi connectivity index (χ2n) is 4.78. The molecule has 0 amide bonds. The first-order valence-electron chi connectivity index (χ1n) is 6.85. The third-order valence-electron chi connectivity index (χ3n) is 3.45. The van der Waals surface area contributed by atoms with Crippen LogP contribution in [0.5, 0.6) is 11.5 Å². The summed E-state index contributed by atoms with van der Waals surface area (Å²) in [5, 5.41) is 3.31. The summed E-state index contributed by atoms with van der Waals surface area (Å²) in [5.74, 6) is 1.19. The fourth-order valence-electron chi connectivity index (χ4n) is 2.29. The average molecular weight is 289 g/mol. The van der Waals surface area contributed by atoms with E-state index in [1.807, 2.05) is 31.2 Å². The van der Waals surface area contributed by atoms with Crippen LogP contribution in [0.4, 0.5) is 4.39 Å². The van der Waals surface area contributed by atoms with E-state index < -0.39 is 0 Å². The van der Waals surface area contributed by atoms with E-state index in [-0.39, 0.29) is 11.9 Å². The summed E-state index contributed by atoms with van der Waals surface area (Å²) in [4.78, 5) is 0. The minimum atomic E-state index is -0.199. The van der Waals surface area contributed by atoms with Gasteiger partial charge >= 0.3 is 0 Å². The van der Waals surface area contributed by atoms with Crippen LogP contribution in [-0.4, -0.2) is 14.2 Å². The highest BCUT2D eigenvalue weighted by molar-refractivity contribution is 5.46. The van der Waals surface area contributed by atoms with Crippen LogP contribution in [0.2, 0.25) is 0 Å². The van der Waals surface area contributed by atoms with E-state index in [2.05, 4.69) is 5.32 Å². The summed E-state index contributed by atoms with van der Waals surface area (Å²) >= 11 is 0. The van der Waals surface area contributed by atoms with Crippen molar-refractivity contribution in [3.05, 3.63) is 59.4 Å². The summed E-state index contributed by atoms with van der Waals surface area (Å²) in [7, 11) is 3.22. The lowest BCUT2D eigenvalue weighted by atomic mass is 10.1. The zero-order valence-corrected chi connectivity index (χ0v) is 12.5. The number of nitrogens with one attached hydrogen (secondary N) is 1. The Morgan fingerprint density at radius 3 is 2.48 bits per heavy atom. The molecule has 21 heavy (non-hydrogen) atoms. The monoisotopic (exact) mass is 289 g/mol. The first kappa shape index (κ1) is 15.3. The van der Waals surface area contributed by atoms with Crippen molar-refractivity contribution in [1.29, 1.82) is 0 Å². The molecule has 0 unspecified atom stereocenters. The molecule has 0 aliphatic rings. The van der Waals surface area contributed by atoms with E-state index in [1.165, 1.54) is 6.07 Å². The Morgan fingerprint density at radius 2 is 1.81 bits per heavy atom. The highest BCUT2D eigenvalue weighted by Gasteiger charge is 2.13. The van der Waals surface area contributed by atoms with Crippen LogP contribution in [0.3, 0.4) is 0 Å². The van der Waals surface area contributed by atoms with Crippen LogP contribution >= 0.6 is 0 Å². The molecule has 0 spiro atoms. The number of hydrogen-bond acceptors (Lipinski definition) is 3. The van der Waals surface area contributed by atoms with Gasteiger partial charge < -0.3 is 14.8 Å². The van der Waals surface area contributed by atoms with E-state index >= 15 is 0 Å². The zero-order valence-electron chi connectivity index (χ0n) is 12.5. The molecule has 0 radical (unpaired) electrons. The van der Waals surface area contributed by atoms with Gasteiger partial charge in [0.2, 0.25) is 0 Å². The fraction of sp³-hybridized carbons (Fsp3) is 0.294. The molecule has 2 rings (SSSR count).